The third kappa shape index (κ3) is 4.67. The van der Waals surface area contributed by atoms with Gasteiger partial charge in [-0.2, -0.15) is 0 Å². The Morgan fingerprint density at radius 1 is 0.840 bits per heavy atom. The lowest BCUT2D eigenvalue weighted by atomic mass is 10.1. The van der Waals surface area contributed by atoms with E-state index in [-0.39, 0.29) is 19.0 Å². The molecule has 0 heterocycles. The monoisotopic (exact) mass is 398 g/mol. The van der Waals surface area contributed by atoms with Gasteiger partial charge in [0.2, 0.25) is 0 Å². The number of fused-ring (bicyclic) bond motifs is 1. The maximum atomic E-state index is 12.0. The zero-order chi connectivity index (χ0) is 17.6. The Bertz CT molecular complexity index is 920. The van der Waals surface area contributed by atoms with Gasteiger partial charge in [-0.15, -0.1) is 0 Å². The first-order valence-electron chi connectivity index (χ1n) is 7.68. The predicted molar refractivity (Wildman–Crippen MR) is 98.9 cm³/mol. The Hall–Kier alpha value is -2.66. The third-order valence-corrected chi connectivity index (χ3v) is 4.08. The van der Waals surface area contributed by atoms with Crippen LogP contribution in [0, 0.1) is 0 Å². The molecule has 0 atom stereocenters. The average Bonchev–Trinajstić information content (AvgIpc) is 2.64. The second-order valence-electron chi connectivity index (χ2n) is 5.39. The van der Waals surface area contributed by atoms with E-state index in [1.807, 2.05) is 42.5 Å². The van der Waals surface area contributed by atoms with Gasteiger partial charge in [0.25, 0.3) is 0 Å². The molecule has 3 rings (SSSR count). The molecule has 0 fully saturated rings. The molecule has 4 nitrogen and oxygen atoms in total. The lowest BCUT2D eigenvalue weighted by Crippen LogP contribution is -2.19. The van der Waals surface area contributed by atoms with Gasteiger partial charge in [0.1, 0.15) is 5.75 Å². The van der Waals surface area contributed by atoms with Crippen molar-refractivity contribution in [3.8, 4) is 5.75 Å². The molecular weight excluding hydrogens is 384 g/mol. The van der Waals surface area contributed by atoms with E-state index in [1.165, 1.54) is 0 Å². The standard InChI is InChI=1S/C20H15BrO4/c21-17-7-3-6-16(10-17)19(22)12-25-20(23)13-24-18-9-8-14-4-1-2-5-15(14)11-18/h1-11H,12-13H2. The lowest BCUT2D eigenvalue weighted by molar-refractivity contribution is -0.144. The van der Waals surface area contributed by atoms with E-state index in [0.29, 0.717) is 11.3 Å². The van der Waals surface area contributed by atoms with Crippen molar-refractivity contribution in [3.63, 3.8) is 0 Å². The largest absolute Gasteiger partial charge is 0.482 e. The van der Waals surface area contributed by atoms with E-state index in [2.05, 4.69) is 15.9 Å². The summed E-state index contributed by atoms with van der Waals surface area (Å²) in [5, 5.41) is 2.12. The molecule has 25 heavy (non-hydrogen) atoms. The van der Waals surface area contributed by atoms with Crippen LogP contribution in [0.1, 0.15) is 10.4 Å². The highest BCUT2D eigenvalue weighted by Crippen LogP contribution is 2.20. The Kier molecular flexibility index (Phi) is 5.46. The highest BCUT2D eigenvalue weighted by Gasteiger charge is 2.11. The zero-order valence-electron chi connectivity index (χ0n) is 13.3. The van der Waals surface area contributed by atoms with Crippen molar-refractivity contribution in [2.24, 2.45) is 0 Å². The number of ketones is 1. The van der Waals surface area contributed by atoms with Crippen molar-refractivity contribution in [3.05, 3.63) is 76.8 Å². The van der Waals surface area contributed by atoms with E-state index >= 15 is 0 Å². The molecule has 0 amide bonds. The Labute approximate surface area is 153 Å². The smallest absolute Gasteiger partial charge is 0.344 e. The van der Waals surface area contributed by atoms with E-state index < -0.39 is 5.97 Å². The molecule has 0 N–H and O–H groups in total. The van der Waals surface area contributed by atoms with E-state index in [1.54, 1.807) is 24.3 Å². The number of halogens is 1. The maximum absolute atomic E-state index is 12.0. The molecule has 5 heteroatoms. The van der Waals surface area contributed by atoms with Gasteiger partial charge >= 0.3 is 5.97 Å². The summed E-state index contributed by atoms with van der Waals surface area (Å²) < 4.78 is 11.2. The molecule has 3 aromatic carbocycles. The number of rotatable bonds is 6. The Morgan fingerprint density at radius 2 is 1.64 bits per heavy atom. The average molecular weight is 399 g/mol. The van der Waals surface area contributed by atoms with Crippen molar-refractivity contribution < 1.29 is 19.1 Å². The Morgan fingerprint density at radius 3 is 2.44 bits per heavy atom. The van der Waals surface area contributed by atoms with Crippen molar-refractivity contribution in [2.45, 2.75) is 0 Å². The van der Waals surface area contributed by atoms with Crippen molar-refractivity contribution >= 4 is 38.5 Å². The summed E-state index contributed by atoms with van der Waals surface area (Å²) in [7, 11) is 0. The van der Waals surface area contributed by atoms with Gasteiger partial charge in [0.05, 0.1) is 0 Å². The first-order chi connectivity index (χ1) is 12.1. The number of hydrogen-bond donors (Lipinski definition) is 0. The third-order valence-electron chi connectivity index (χ3n) is 3.59. The van der Waals surface area contributed by atoms with Crippen LogP contribution in [0.3, 0.4) is 0 Å². The van der Waals surface area contributed by atoms with Crippen LogP contribution in [0.2, 0.25) is 0 Å². The molecule has 0 aromatic heterocycles. The quantitative estimate of drug-likeness (QED) is 0.455. The van der Waals surface area contributed by atoms with Crippen LogP contribution < -0.4 is 4.74 Å². The fourth-order valence-electron chi connectivity index (χ4n) is 2.33. The number of ether oxygens (including phenoxy) is 2. The van der Waals surface area contributed by atoms with Gasteiger partial charge in [0, 0.05) is 10.0 Å². The maximum Gasteiger partial charge on any atom is 0.344 e. The van der Waals surface area contributed by atoms with Gasteiger partial charge in [-0.25, -0.2) is 4.79 Å². The lowest BCUT2D eigenvalue weighted by Gasteiger charge is -2.08. The van der Waals surface area contributed by atoms with Crippen LogP contribution in [0.5, 0.6) is 5.75 Å². The van der Waals surface area contributed by atoms with Crippen molar-refractivity contribution in [1.29, 1.82) is 0 Å². The van der Waals surface area contributed by atoms with E-state index in [4.69, 9.17) is 9.47 Å². The summed E-state index contributed by atoms with van der Waals surface area (Å²) in [6, 6.07) is 20.4. The molecule has 0 saturated heterocycles. The predicted octanol–water partition coefficient (Wildman–Crippen LogP) is 4.41. The summed E-state index contributed by atoms with van der Waals surface area (Å²) in [6.45, 7) is -0.555. The van der Waals surface area contributed by atoms with E-state index in [9.17, 15) is 9.59 Å². The minimum Gasteiger partial charge on any atom is -0.482 e. The van der Waals surface area contributed by atoms with Gasteiger partial charge in [0.15, 0.2) is 19.0 Å². The molecule has 0 spiro atoms. The van der Waals surface area contributed by atoms with Crippen LogP contribution >= 0.6 is 15.9 Å². The normalized spacial score (nSPS) is 10.4. The second kappa shape index (κ2) is 7.94. The first kappa shape index (κ1) is 17.2. The van der Waals surface area contributed by atoms with Gasteiger partial charge in [-0.05, 0) is 35.0 Å². The number of hydrogen-bond acceptors (Lipinski definition) is 4. The molecule has 0 saturated carbocycles. The fourth-order valence-corrected chi connectivity index (χ4v) is 2.73. The summed E-state index contributed by atoms with van der Waals surface area (Å²) in [5.41, 5.74) is 0.484. The van der Waals surface area contributed by atoms with Gasteiger partial charge < -0.3 is 9.47 Å². The van der Waals surface area contributed by atoms with Crippen LogP contribution in [0.15, 0.2) is 71.2 Å². The summed E-state index contributed by atoms with van der Waals surface area (Å²) in [4.78, 5) is 23.8. The molecule has 126 valence electrons. The fraction of sp³-hybridized carbons (Fsp3) is 0.100. The summed E-state index contributed by atoms with van der Waals surface area (Å²) in [5.74, 6) is -0.272. The summed E-state index contributed by atoms with van der Waals surface area (Å²) >= 11 is 3.30. The minimum atomic E-state index is -0.587. The number of esters is 1. The molecule has 0 radical (unpaired) electrons. The highest BCUT2D eigenvalue weighted by molar-refractivity contribution is 9.10. The van der Waals surface area contributed by atoms with Crippen molar-refractivity contribution in [1.82, 2.24) is 0 Å². The first-order valence-corrected chi connectivity index (χ1v) is 8.47. The van der Waals surface area contributed by atoms with E-state index in [0.717, 1.165) is 15.2 Å². The van der Waals surface area contributed by atoms with Crippen LogP contribution in [0.4, 0.5) is 0 Å². The van der Waals surface area contributed by atoms with Crippen LogP contribution in [-0.2, 0) is 9.53 Å². The van der Waals surface area contributed by atoms with Gasteiger partial charge in [-0.1, -0.05) is 58.4 Å². The molecule has 3 aromatic rings. The highest BCUT2D eigenvalue weighted by atomic mass is 79.9. The number of carbonyl (C=O) groups excluding carboxylic acids is 2. The molecule has 0 aliphatic heterocycles. The number of Topliss-reactive ketones (excluding diaryl/α,β-unsaturated/α-hetero) is 1. The second-order valence-corrected chi connectivity index (χ2v) is 6.31. The topological polar surface area (TPSA) is 52.6 Å². The van der Waals surface area contributed by atoms with Crippen LogP contribution in [0.25, 0.3) is 10.8 Å². The minimum absolute atomic E-state index is 0.246. The zero-order valence-corrected chi connectivity index (χ0v) is 14.9. The van der Waals surface area contributed by atoms with Crippen molar-refractivity contribution in [2.75, 3.05) is 13.2 Å². The van der Waals surface area contributed by atoms with Crippen LogP contribution in [-0.4, -0.2) is 25.0 Å². The molecule has 0 unspecified atom stereocenters. The summed E-state index contributed by atoms with van der Waals surface area (Å²) in [6.07, 6.45) is 0. The molecule has 0 bridgehead atoms. The number of benzene rings is 3. The van der Waals surface area contributed by atoms with Gasteiger partial charge in [-0.3, -0.25) is 4.79 Å². The Balaban J connectivity index is 1.51. The number of carbonyl (C=O) groups is 2. The molecule has 0 aliphatic rings. The molecular formula is C20H15BrO4. The SMILES string of the molecule is O=C(COc1ccc2ccccc2c1)OCC(=O)c1cccc(Br)c1. The molecule has 0 aliphatic carbocycles.